The number of thioether (sulfide) groups is 1. The van der Waals surface area contributed by atoms with Gasteiger partial charge in [-0.3, -0.25) is 9.20 Å². The molecule has 0 fully saturated rings. The van der Waals surface area contributed by atoms with Gasteiger partial charge in [-0.05, 0) is 24.3 Å². The van der Waals surface area contributed by atoms with E-state index in [-0.39, 0.29) is 11.7 Å². The molecule has 2 heterocycles. The largest absolute Gasteiger partial charge is 0.325 e. The molecular weight excluding hydrogens is 414 g/mol. The normalized spacial score (nSPS) is 11.0. The van der Waals surface area contributed by atoms with Crippen molar-refractivity contribution in [2.24, 2.45) is 0 Å². The summed E-state index contributed by atoms with van der Waals surface area (Å²) < 4.78 is 1.64. The molecule has 0 unspecified atom stereocenters. The molecule has 24 heavy (non-hydrogen) atoms. The summed E-state index contributed by atoms with van der Waals surface area (Å²) in [5.74, 6) is -0.0891. The van der Waals surface area contributed by atoms with Gasteiger partial charge in [0.15, 0.2) is 10.8 Å². The van der Waals surface area contributed by atoms with E-state index in [0.29, 0.717) is 36.6 Å². The van der Waals surface area contributed by atoms with Crippen molar-refractivity contribution in [3.8, 4) is 0 Å². The number of hydrogen-bond donors (Lipinski definition) is 1. The van der Waals surface area contributed by atoms with Crippen molar-refractivity contribution in [3.05, 3.63) is 50.6 Å². The summed E-state index contributed by atoms with van der Waals surface area (Å²) in [6, 6.07) is 6.45. The van der Waals surface area contributed by atoms with E-state index in [1.54, 1.807) is 34.9 Å². The first kappa shape index (κ1) is 17.6. The average Bonchev–Trinajstić information content (AvgIpc) is 2.92. The number of rotatable bonds is 4. The van der Waals surface area contributed by atoms with Crippen LogP contribution in [0.5, 0.6) is 0 Å². The number of benzene rings is 1. The zero-order valence-corrected chi connectivity index (χ0v) is 15.6. The maximum atomic E-state index is 12.1. The van der Waals surface area contributed by atoms with Gasteiger partial charge >= 0.3 is 0 Å². The van der Waals surface area contributed by atoms with Crippen LogP contribution in [0.3, 0.4) is 0 Å². The summed E-state index contributed by atoms with van der Waals surface area (Å²) in [6.45, 7) is 0. The number of amides is 1. The Hall–Kier alpha value is -1.18. The lowest BCUT2D eigenvalue weighted by atomic mass is 10.3. The lowest BCUT2D eigenvalue weighted by Crippen LogP contribution is -2.14. The molecule has 0 radical (unpaired) electrons. The van der Waals surface area contributed by atoms with Crippen LogP contribution >= 0.6 is 58.2 Å². The number of pyridine rings is 1. The summed E-state index contributed by atoms with van der Waals surface area (Å²) in [5, 5.41) is 12.9. The molecule has 10 heteroatoms. The van der Waals surface area contributed by atoms with Gasteiger partial charge < -0.3 is 5.32 Å². The molecule has 1 amide bonds. The molecule has 1 aromatic carbocycles. The number of anilines is 1. The van der Waals surface area contributed by atoms with E-state index in [4.69, 9.17) is 46.4 Å². The van der Waals surface area contributed by atoms with Crippen LogP contribution in [0, 0.1) is 0 Å². The molecule has 0 aliphatic carbocycles. The van der Waals surface area contributed by atoms with Gasteiger partial charge in [-0.1, -0.05) is 58.2 Å². The third-order valence-corrected chi connectivity index (χ3v) is 5.10. The molecule has 1 N–H and O–H groups in total. The first-order valence-electron chi connectivity index (χ1n) is 6.51. The van der Waals surface area contributed by atoms with E-state index < -0.39 is 0 Å². The predicted octanol–water partition coefficient (Wildman–Crippen LogP) is 5.07. The van der Waals surface area contributed by atoms with Crippen molar-refractivity contribution in [2.75, 3.05) is 11.1 Å². The number of halogens is 4. The SMILES string of the molecule is O=C(CSc1nnc2c(Cl)cc(Cl)cn12)Nc1ccc(Cl)c(Cl)c1. The highest BCUT2D eigenvalue weighted by Gasteiger charge is 2.12. The van der Waals surface area contributed by atoms with E-state index in [1.807, 2.05) is 0 Å². The number of carbonyl (C=O) groups excluding carboxylic acids is 1. The third kappa shape index (κ3) is 3.90. The summed E-state index contributed by atoms with van der Waals surface area (Å²) >= 11 is 25.0. The van der Waals surface area contributed by atoms with Gasteiger partial charge in [-0.2, -0.15) is 0 Å². The molecule has 0 aliphatic rings. The molecule has 0 saturated carbocycles. The third-order valence-electron chi connectivity index (χ3n) is 2.93. The molecule has 124 valence electrons. The number of hydrogen-bond acceptors (Lipinski definition) is 4. The van der Waals surface area contributed by atoms with E-state index in [2.05, 4.69) is 15.5 Å². The van der Waals surface area contributed by atoms with E-state index in [1.165, 1.54) is 11.8 Å². The van der Waals surface area contributed by atoms with Crippen molar-refractivity contribution in [3.63, 3.8) is 0 Å². The minimum absolute atomic E-state index is 0.130. The lowest BCUT2D eigenvalue weighted by Gasteiger charge is -2.06. The van der Waals surface area contributed by atoms with Crippen molar-refractivity contribution in [1.29, 1.82) is 0 Å². The van der Waals surface area contributed by atoms with Crippen molar-refractivity contribution >= 4 is 75.4 Å². The Balaban J connectivity index is 1.69. The van der Waals surface area contributed by atoms with Gasteiger partial charge in [-0.15, -0.1) is 10.2 Å². The van der Waals surface area contributed by atoms with Gasteiger partial charge in [0.1, 0.15) is 0 Å². The lowest BCUT2D eigenvalue weighted by molar-refractivity contribution is -0.113. The molecule has 0 spiro atoms. The standard InChI is InChI=1S/C14H8Cl4N4OS/c15-7-3-11(18)13-20-21-14(22(13)5-7)24-6-12(23)19-8-1-2-9(16)10(17)4-8/h1-5H,6H2,(H,19,23). The monoisotopic (exact) mass is 420 g/mol. The number of nitrogens with one attached hydrogen (secondary N) is 1. The molecule has 0 saturated heterocycles. The molecule has 0 bridgehead atoms. The van der Waals surface area contributed by atoms with E-state index >= 15 is 0 Å². The van der Waals surface area contributed by atoms with Crippen LogP contribution in [0.15, 0.2) is 35.6 Å². The highest BCUT2D eigenvalue weighted by molar-refractivity contribution is 7.99. The van der Waals surface area contributed by atoms with Crippen LogP contribution in [0.2, 0.25) is 20.1 Å². The van der Waals surface area contributed by atoms with Crippen LogP contribution in [0.1, 0.15) is 0 Å². The predicted molar refractivity (Wildman–Crippen MR) is 98.8 cm³/mol. The molecule has 3 aromatic rings. The molecular formula is C14H8Cl4N4OS. The Bertz CT molecular complexity index is 931. The fourth-order valence-electron chi connectivity index (χ4n) is 1.90. The number of fused-ring (bicyclic) bond motifs is 1. The number of carbonyl (C=O) groups is 1. The minimum atomic E-state index is -0.219. The van der Waals surface area contributed by atoms with Crippen LogP contribution in [-0.4, -0.2) is 26.3 Å². The summed E-state index contributed by atoms with van der Waals surface area (Å²) in [7, 11) is 0. The van der Waals surface area contributed by atoms with E-state index in [9.17, 15) is 4.79 Å². The van der Waals surface area contributed by atoms with E-state index in [0.717, 1.165) is 0 Å². The summed E-state index contributed by atoms with van der Waals surface area (Å²) in [4.78, 5) is 12.1. The van der Waals surface area contributed by atoms with Crippen LogP contribution in [0.4, 0.5) is 5.69 Å². The smallest absolute Gasteiger partial charge is 0.234 e. The Morgan fingerprint density at radius 3 is 2.62 bits per heavy atom. The maximum absolute atomic E-state index is 12.1. The Kier molecular flexibility index (Phi) is 5.42. The highest BCUT2D eigenvalue weighted by atomic mass is 35.5. The Morgan fingerprint density at radius 1 is 1.08 bits per heavy atom. The maximum Gasteiger partial charge on any atom is 0.234 e. The number of aromatic nitrogens is 3. The minimum Gasteiger partial charge on any atom is -0.325 e. The zero-order valence-electron chi connectivity index (χ0n) is 11.8. The number of nitrogens with zero attached hydrogens (tertiary/aromatic N) is 3. The van der Waals surface area contributed by atoms with Crippen molar-refractivity contribution < 1.29 is 4.79 Å². The van der Waals surface area contributed by atoms with Crippen LogP contribution < -0.4 is 5.32 Å². The average molecular weight is 422 g/mol. The highest BCUT2D eigenvalue weighted by Crippen LogP contribution is 2.27. The topological polar surface area (TPSA) is 59.3 Å². The quantitative estimate of drug-likeness (QED) is 0.597. The second kappa shape index (κ2) is 7.37. The van der Waals surface area contributed by atoms with Gasteiger partial charge in [0.25, 0.3) is 0 Å². The Morgan fingerprint density at radius 2 is 1.88 bits per heavy atom. The first-order valence-corrected chi connectivity index (χ1v) is 9.01. The summed E-state index contributed by atoms with van der Waals surface area (Å²) in [5.41, 5.74) is 1.04. The summed E-state index contributed by atoms with van der Waals surface area (Å²) in [6.07, 6.45) is 1.64. The van der Waals surface area contributed by atoms with Crippen LogP contribution in [0.25, 0.3) is 5.65 Å². The molecule has 3 rings (SSSR count). The van der Waals surface area contributed by atoms with Gasteiger partial charge in [0.2, 0.25) is 5.91 Å². The van der Waals surface area contributed by atoms with Crippen molar-refractivity contribution in [1.82, 2.24) is 14.6 Å². The van der Waals surface area contributed by atoms with Gasteiger partial charge in [-0.25, -0.2) is 0 Å². The van der Waals surface area contributed by atoms with Crippen molar-refractivity contribution in [2.45, 2.75) is 5.16 Å². The molecule has 0 atom stereocenters. The second-order valence-corrected chi connectivity index (χ2v) is 7.25. The Labute approximate surface area is 161 Å². The molecule has 0 aliphatic heterocycles. The van der Waals surface area contributed by atoms with Gasteiger partial charge in [0.05, 0.1) is 25.8 Å². The fourth-order valence-corrected chi connectivity index (χ4v) is 3.42. The molecule has 2 aromatic heterocycles. The molecule has 5 nitrogen and oxygen atoms in total. The zero-order chi connectivity index (χ0) is 17.3. The van der Waals surface area contributed by atoms with Crippen LogP contribution in [-0.2, 0) is 4.79 Å². The fraction of sp³-hybridized carbons (Fsp3) is 0.0714. The first-order chi connectivity index (χ1) is 11.4. The van der Waals surface area contributed by atoms with Gasteiger partial charge in [0, 0.05) is 11.9 Å². The second-order valence-electron chi connectivity index (χ2n) is 4.65.